The third-order valence-electron chi connectivity index (χ3n) is 14.2. The minimum Gasteiger partial charge on any atom is -0.392 e. The van der Waals surface area contributed by atoms with Crippen LogP contribution in [0.4, 0.5) is 0 Å². The van der Waals surface area contributed by atoms with Crippen LogP contribution >= 0.6 is 0 Å². The predicted octanol–water partition coefficient (Wildman–Crippen LogP) is 4.70. The van der Waals surface area contributed by atoms with Gasteiger partial charge in [-0.3, -0.25) is 4.79 Å². The van der Waals surface area contributed by atoms with E-state index < -0.39 is 11.9 Å². The van der Waals surface area contributed by atoms with E-state index in [4.69, 9.17) is 43.6 Å². The fraction of sp³-hybridized carbons (Fsp3) is 0.878. The number of hydrogen-bond donors (Lipinski definition) is 2. The first kappa shape index (κ1) is 37.7. The molecule has 19 atom stereocenters. The molecule has 0 saturated carbocycles. The van der Waals surface area contributed by atoms with Crippen molar-refractivity contribution in [1.29, 1.82) is 0 Å². The molecule has 10 saturated heterocycles. The Kier molecular flexibility index (Phi) is 10.6. The second-order valence-electron chi connectivity index (χ2n) is 17.6. The van der Waals surface area contributed by atoms with Crippen LogP contribution in [0.1, 0.15) is 105 Å². The van der Waals surface area contributed by atoms with Crippen LogP contribution in [-0.4, -0.2) is 115 Å². The van der Waals surface area contributed by atoms with Crippen LogP contribution < -0.4 is 5.73 Å². The molecule has 0 radical (unpaired) electrons. The summed E-state index contributed by atoms with van der Waals surface area (Å²) in [5.41, 5.74) is 8.06. The zero-order valence-corrected chi connectivity index (χ0v) is 30.4. The Labute approximate surface area is 309 Å². The number of ketones is 1. The third-order valence-corrected chi connectivity index (χ3v) is 14.2. The largest absolute Gasteiger partial charge is 0.392 e. The fourth-order valence-electron chi connectivity index (χ4n) is 11.3. The van der Waals surface area contributed by atoms with Crippen molar-refractivity contribution < 1.29 is 47.8 Å². The number of aliphatic hydroxyl groups is 1. The Balaban J connectivity index is 0.00000387. The number of hydrogen-bond acceptors (Lipinski definition) is 11. The van der Waals surface area contributed by atoms with Gasteiger partial charge in [0, 0.05) is 45.1 Å². The van der Waals surface area contributed by atoms with Crippen molar-refractivity contribution in [2.45, 2.75) is 202 Å². The molecule has 12 bridgehead atoms. The van der Waals surface area contributed by atoms with Crippen molar-refractivity contribution in [3.8, 4) is 0 Å². The summed E-state index contributed by atoms with van der Waals surface area (Å²) in [7, 11) is 0. The number of fused-ring (bicyclic) bond motifs is 6. The van der Waals surface area contributed by atoms with Crippen LogP contribution in [0.15, 0.2) is 24.3 Å². The van der Waals surface area contributed by atoms with Gasteiger partial charge in [-0.05, 0) is 73.8 Å². The van der Waals surface area contributed by atoms with E-state index in [-0.39, 0.29) is 117 Å². The topological polar surface area (TPSA) is 137 Å². The smallest absolute Gasteiger partial charge is 0.172 e. The molecule has 0 aromatic carbocycles. The zero-order valence-electron chi connectivity index (χ0n) is 30.4. The SMILES string of the molecule is C.C=C1C[C@@H]2CC[C@@]34C[C@H]5O[C@H]6[C@@H](O3)[C@H]3O[C@H](CC[C@@H]3O[C@H]6C5O4)CC(=O)CC3[C@H](C[C@H]4O[C@@H](CCC1O2)C[C@@H](C)C4=C)O[C@H](C[C@H](O)CN)[C@@H]3C. The van der Waals surface area contributed by atoms with Crippen molar-refractivity contribution in [1.82, 2.24) is 0 Å². The van der Waals surface area contributed by atoms with Crippen LogP contribution in [0.25, 0.3) is 0 Å². The van der Waals surface area contributed by atoms with Gasteiger partial charge < -0.3 is 48.7 Å². The third kappa shape index (κ3) is 6.81. The number of carbonyl (C=O) groups excluding carboxylic acids is 1. The lowest BCUT2D eigenvalue weighted by Crippen LogP contribution is -2.61. The Morgan fingerprint density at radius 2 is 1.50 bits per heavy atom. The Morgan fingerprint density at radius 1 is 0.769 bits per heavy atom. The lowest BCUT2D eigenvalue weighted by atomic mass is 9.78. The van der Waals surface area contributed by atoms with Gasteiger partial charge in [-0.1, -0.05) is 34.4 Å². The van der Waals surface area contributed by atoms with Crippen molar-refractivity contribution in [3.05, 3.63) is 24.3 Å². The summed E-state index contributed by atoms with van der Waals surface area (Å²) in [6.45, 7) is 13.5. The number of Topliss-reactive ketones (excluding diaryl/α,β-unsaturated/α-hetero) is 1. The highest BCUT2D eigenvalue weighted by Gasteiger charge is 2.68. The molecule has 10 heterocycles. The van der Waals surface area contributed by atoms with Gasteiger partial charge in [-0.2, -0.15) is 0 Å². The molecule has 52 heavy (non-hydrogen) atoms. The summed E-state index contributed by atoms with van der Waals surface area (Å²) >= 11 is 0. The highest BCUT2D eigenvalue weighted by atomic mass is 16.8. The molecule has 3 N–H and O–H groups in total. The normalized spacial score (nSPS) is 52.2. The number of aliphatic hydroxyl groups excluding tert-OH is 1. The van der Waals surface area contributed by atoms with Crippen LogP contribution in [0.5, 0.6) is 0 Å². The van der Waals surface area contributed by atoms with E-state index in [1.165, 1.54) is 0 Å². The lowest BCUT2D eigenvalue weighted by molar-refractivity contribution is -0.292. The average Bonchev–Trinajstić information content (AvgIpc) is 3.77. The average molecular weight is 730 g/mol. The van der Waals surface area contributed by atoms with E-state index in [0.717, 1.165) is 56.1 Å². The number of nitrogens with two attached hydrogens (primary N) is 1. The van der Waals surface area contributed by atoms with Gasteiger partial charge in [0.15, 0.2) is 5.79 Å². The summed E-state index contributed by atoms with van der Waals surface area (Å²) in [4.78, 5) is 14.0. The highest BCUT2D eigenvalue weighted by Crippen LogP contribution is 2.54. The summed E-state index contributed by atoms with van der Waals surface area (Å²) in [5.74, 6) is -0.222. The van der Waals surface area contributed by atoms with E-state index in [0.29, 0.717) is 44.4 Å². The van der Waals surface area contributed by atoms with Gasteiger partial charge in [0.2, 0.25) is 0 Å². The van der Waals surface area contributed by atoms with Crippen molar-refractivity contribution >= 4 is 5.78 Å². The molecule has 10 aliphatic heterocycles. The predicted molar refractivity (Wildman–Crippen MR) is 191 cm³/mol. The number of carbonyl (C=O) groups is 1. The molecule has 3 unspecified atom stereocenters. The van der Waals surface area contributed by atoms with Crippen molar-refractivity contribution in [3.63, 3.8) is 0 Å². The molecule has 11 nitrogen and oxygen atoms in total. The van der Waals surface area contributed by atoms with Gasteiger partial charge in [-0.15, -0.1) is 0 Å². The van der Waals surface area contributed by atoms with E-state index in [9.17, 15) is 9.90 Å². The molecule has 292 valence electrons. The van der Waals surface area contributed by atoms with E-state index in [1.54, 1.807) is 0 Å². The quantitative estimate of drug-likeness (QED) is 0.392. The minimum atomic E-state index is -0.765. The summed E-state index contributed by atoms with van der Waals surface area (Å²) in [6, 6.07) is 0. The maximum absolute atomic E-state index is 14.0. The van der Waals surface area contributed by atoms with Crippen molar-refractivity contribution in [2.75, 3.05) is 6.54 Å². The molecule has 0 aromatic heterocycles. The fourth-order valence-corrected chi connectivity index (χ4v) is 11.3. The molecule has 1 spiro atoms. The molecule has 11 heteroatoms. The minimum absolute atomic E-state index is 0. The molecule has 10 aliphatic rings. The van der Waals surface area contributed by atoms with Gasteiger partial charge in [0.05, 0.1) is 61.0 Å². The van der Waals surface area contributed by atoms with Crippen LogP contribution in [-0.2, 0) is 42.7 Å². The van der Waals surface area contributed by atoms with E-state index >= 15 is 0 Å². The monoisotopic (exact) mass is 729 g/mol. The van der Waals surface area contributed by atoms with Gasteiger partial charge in [-0.25, -0.2) is 0 Å². The first-order valence-corrected chi connectivity index (χ1v) is 20.1. The van der Waals surface area contributed by atoms with Crippen LogP contribution in [0.3, 0.4) is 0 Å². The van der Waals surface area contributed by atoms with Crippen LogP contribution in [0, 0.1) is 17.8 Å². The highest BCUT2D eigenvalue weighted by molar-refractivity contribution is 5.79. The Bertz CT molecular complexity index is 1360. The maximum atomic E-state index is 14.0. The molecule has 0 aliphatic carbocycles. The van der Waals surface area contributed by atoms with Gasteiger partial charge >= 0.3 is 0 Å². The number of ether oxygens (including phenoxy) is 8. The molecule has 0 amide bonds. The lowest BCUT2D eigenvalue weighted by Gasteiger charge is -2.47. The van der Waals surface area contributed by atoms with Crippen molar-refractivity contribution in [2.24, 2.45) is 23.5 Å². The standard InChI is InChI=1S/C40H59NO10.CH4/c1-19-11-25-5-7-29-20(2)12-27(44-29)9-10-40-17-34-36(50-40)37-38(49-34)39(51-40)35-30(48-37)8-6-26(46-35)13-23(42)14-28-22(4)31(15-24(43)18-41)47-33(28)16-32(45-25)21(19)3;/h19,22,24-39,43H,2-3,5-18,41H2,1,4H3;1H4/t19-,22-,24+,25+,26-,27+,28?,29?,30+,31-,32-,33+,34-,35+,36?,37+,38-,39+,40+;/m1./s1. The maximum Gasteiger partial charge on any atom is 0.172 e. The molecular weight excluding hydrogens is 666 g/mol. The van der Waals surface area contributed by atoms with Gasteiger partial charge in [0.1, 0.15) is 36.3 Å². The first-order chi connectivity index (χ1) is 24.6. The molecule has 10 rings (SSSR count). The summed E-state index contributed by atoms with van der Waals surface area (Å²) in [6.07, 6.45) is 6.43. The van der Waals surface area contributed by atoms with E-state index in [1.807, 2.05) is 0 Å². The second kappa shape index (κ2) is 14.7. The van der Waals surface area contributed by atoms with Gasteiger partial charge in [0.25, 0.3) is 0 Å². The van der Waals surface area contributed by atoms with Crippen LogP contribution in [0.2, 0.25) is 0 Å². The zero-order chi connectivity index (χ0) is 35.2. The van der Waals surface area contributed by atoms with E-state index in [2.05, 4.69) is 27.0 Å². The molecule has 10 fully saturated rings. The second-order valence-corrected chi connectivity index (χ2v) is 17.6. The molecular formula is C41H63NO10. The Hall–Kier alpha value is -1.25. The number of rotatable bonds is 3. The Morgan fingerprint density at radius 3 is 2.33 bits per heavy atom. The molecule has 0 aromatic rings. The first-order valence-electron chi connectivity index (χ1n) is 20.1. The summed E-state index contributed by atoms with van der Waals surface area (Å²) < 4.78 is 54.0. The summed E-state index contributed by atoms with van der Waals surface area (Å²) in [5, 5.41) is 10.5.